The predicted octanol–water partition coefficient (Wildman–Crippen LogP) is 1.10. The minimum atomic E-state index is -0.645. The van der Waals surface area contributed by atoms with Crippen molar-refractivity contribution in [1.29, 1.82) is 0 Å². The average Bonchev–Trinajstić information content (AvgIpc) is 2.51. The van der Waals surface area contributed by atoms with Crippen molar-refractivity contribution in [2.75, 3.05) is 20.3 Å². The molecule has 1 aromatic rings. The van der Waals surface area contributed by atoms with Gasteiger partial charge in [0.25, 0.3) is 0 Å². The number of nitrogens with one attached hydrogen (secondary N) is 2. The third kappa shape index (κ3) is 6.16. The number of rotatable bonds is 7. The molecule has 0 saturated carbocycles. The van der Waals surface area contributed by atoms with Crippen molar-refractivity contribution in [2.45, 2.75) is 26.3 Å². The highest BCUT2D eigenvalue weighted by molar-refractivity contribution is 6.35. The van der Waals surface area contributed by atoms with Gasteiger partial charge in [-0.2, -0.15) is 0 Å². The van der Waals surface area contributed by atoms with Crippen molar-refractivity contribution >= 4 is 11.8 Å². The molecule has 0 aromatic heterocycles. The Morgan fingerprint density at radius 2 is 1.76 bits per heavy atom. The van der Waals surface area contributed by atoms with Gasteiger partial charge in [-0.25, -0.2) is 0 Å². The molecule has 0 aliphatic heterocycles. The van der Waals surface area contributed by atoms with Crippen LogP contribution in [0.4, 0.5) is 0 Å². The lowest BCUT2D eigenvalue weighted by Gasteiger charge is -2.11. The van der Waals surface area contributed by atoms with E-state index in [1.54, 1.807) is 31.4 Å². The third-order valence-electron chi connectivity index (χ3n) is 2.91. The van der Waals surface area contributed by atoms with Gasteiger partial charge in [0, 0.05) is 6.04 Å². The number of carbonyl (C=O) groups is 2. The first-order chi connectivity index (χ1) is 10.1. The lowest BCUT2D eigenvalue weighted by molar-refractivity contribution is -0.139. The maximum atomic E-state index is 11.5. The SMILES string of the molecule is CCC(C)NC(=O)C(=O)NCCOc1ccc(OC)cc1. The van der Waals surface area contributed by atoms with Crippen LogP contribution in [0.15, 0.2) is 24.3 Å². The molecule has 2 amide bonds. The number of carbonyl (C=O) groups excluding carboxylic acids is 2. The van der Waals surface area contributed by atoms with Crippen molar-refractivity contribution < 1.29 is 19.1 Å². The summed E-state index contributed by atoms with van der Waals surface area (Å²) in [5, 5.41) is 5.10. The monoisotopic (exact) mass is 294 g/mol. The van der Waals surface area contributed by atoms with Crippen LogP contribution < -0.4 is 20.1 Å². The summed E-state index contributed by atoms with van der Waals surface area (Å²) in [6.45, 7) is 4.33. The molecular formula is C15H22N2O4. The molecule has 1 unspecified atom stereocenters. The van der Waals surface area contributed by atoms with Gasteiger partial charge in [0.2, 0.25) is 0 Å². The Hall–Kier alpha value is -2.24. The Labute approximate surface area is 124 Å². The molecule has 2 N–H and O–H groups in total. The van der Waals surface area contributed by atoms with Gasteiger partial charge >= 0.3 is 11.8 Å². The van der Waals surface area contributed by atoms with Gasteiger partial charge in [-0.15, -0.1) is 0 Å². The van der Waals surface area contributed by atoms with Crippen molar-refractivity contribution in [3.63, 3.8) is 0 Å². The maximum absolute atomic E-state index is 11.5. The molecule has 6 nitrogen and oxygen atoms in total. The molecule has 0 aliphatic rings. The fourth-order valence-corrected chi connectivity index (χ4v) is 1.48. The highest BCUT2D eigenvalue weighted by atomic mass is 16.5. The van der Waals surface area contributed by atoms with Crippen LogP contribution >= 0.6 is 0 Å². The minimum absolute atomic E-state index is 0.0150. The van der Waals surface area contributed by atoms with Crippen molar-refractivity contribution in [2.24, 2.45) is 0 Å². The van der Waals surface area contributed by atoms with Gasteiger partial charge < -0.3 is 20.1 Å². The average molecular weight is 294 g/mol. The molecule has 0 aliphatic carbocycles. The highest BCUT2D eigenvalue weighted by Crippen LogP contribution is 2.16. The van der Waals surface area contributed by atoms with Crippen LogP contribution in [-0.2, 0) is 9.59 Å². The van der Waals surface area contributed by atoms with Crippen LogP contribution in [0.2, 0.25) is 0 Å². The second kappa shape index (κ2) is 8.84. The third-order valence-corrected chi connectivity index (χ3v) is 2.91. The van der Waals surface area contributed by atoms with E-state index in [2.05, 4.69) is 10.6 Å². The van der Waals surface area contributed by atoms with E-state index in [0.717, 1.165) is 12.2 Å². The summed E-state index contributed by atoms with van der Waals surface area (Å²) in [6, 6.07) is 7.10. The van der Waals surface area contributed by atoms with E-state index in [1.807, 2.05) is 13.8 Å². The Morgan fingerprint density at radius 3 is 2.33 bits per heavy atom. The van der Waals surface area contributed by atoms with Gasteiger partial charge in [0.1, 0.15) is 18.1 Å². The number of amides is 2. The van der Waals surface area contributed by atoms with E-state index >= 15 is 0 Å². The first-order valence-electron chi connectivity index (χ1n) is 6.92. The fraction of sp³-hybridized carbons (Fsp3) is 0.467. The number of hydrogen-bond acceptors (Lipinski definition) is 4. The summed E-state index contributed by atoms with van der Waals surface area (Å²) in [5.74, 6) is 0.161. The number of methoxy groups -OCH3 is 1. The zero-order chi connectivity index (χ0) is 15.7. The standard InChI is InChI=1S/C15H22N2O4/c1-4-11(2)17-15(19)14(18)16-9-10-21-13-7-5-12(20-3)6-8-13/h5-8,11H,4,9-10H2,1-3H3,(H,16,18)(H,17,19). The van der Waals surface area contributed by atoms with Crippen LogP contribution in [0.5, 0.6) is 11.5 Å². The molecule has 1 rings (SSSR count). The number of hydrogen-bond donors (Lipinski definition) is 2. The van der Waals surface area contributed by atoms with Crippen LogP contribution in [0.1, 0.15) is 20.3 Å². The van der Waals surface area contributed by atoms with E-state index in [1.165, 1.54) is 0 Å². The van der Waals surface area contributed by atoms with Gasteiger partial charge in [-0.05, 0) is 37.6 Å². The van der Waals surface area contributed by atoms with Crippen molar-refractivity contribution in [3.05, 3.63) is 24.3 Å². The Balaban J connectivity index is 2.23. The normalized spacial score (nSPS) is 11.4. The smallest absolute Gasteiger partial charge is 0.309 e. The molecule has 1 atom stereocenters. The maximum Gasteiger partial charge on any atom is 0.309 e. The molecule has 21 heavy (non-hydrogen) atoms. The van der Waals surface area contributed by atoms with Crippen LogP contribution in [0.25, 0.3) is 0 Å². The van der Waals surface area contributed by atoms with Gasteiger partial charge in [-0.3, -0.25) is 9.59 Å². The Kier molecular flexibility index (Phi) is 7.08. The van der Waals surface area contributed by atoms with E-state index in [0.29, 0.717) is 5.75 Å². The van der Waals surface area contributed by atoms with Gasteiger partial charge in [0.15, 0.2) is 0 Å². The van der Waals surface area contributed by atoms with Gasteiger partial charge in [-0.1, -0.05) is 6.92 Å². The fourth-order valence-electron chi connectivity index (χ4n) is 1.48. The number of ether oxygens (including phenoxy) is 2. The first kappa shape index (κ1) is 16.8. The molecule has 0 saturated heterocycles. The second-order valence-corrected chi connectivity index (χ2v) is 4.56. The Morgan fingerprint density at radius 1 is 1.14 bits per heavy atom. The topological polar surface area (TPSA) is 76.7 Å². The zero-order valence-electron chi connectivity index (χ0n) is 12.6. The van der Waals surface area contributed by atoms with Crippen LogP contribution in [-0.4, -0.2) is 38.1 Å². The lowest BCUT2D eigenvalue weighted by Crippen LogP contribution is -2.44. The quantitative estimate of drug-likeness (QED) is 0.583. The first-order valence-corrected chi connectivity index (χ1v) is 6.92. The molecular weight excluding hydrogens is 272 g/mol. The van der Waals surface area contributed by atoms with Crippen LogP contribution in [0, 0.1) is 0 Å². The number of benzene rings is 1. The minimum Gasteiger partial charge on any atom is -0.497 e. The second-order valence-electron chi connectivity index (χ2n) is 4.56. The summed E-state index contributed by atoms with van der Waals surface area (Å²) < 4.78 is 10.5. The summed E-state index contributed by atoms with van der Waals surface area (Å²) >= 11 is 0. The lowest BCUT2D eigenvalue weighted by atomic mass is 10.2. The predicted molar refractivity (Wildman–Crippen MR) is 79.4 cm³/mol. The summed E-state index contributed by atoms with van der Waals surface area (Å²) in [5.41, 5.74) is 0. The van der Waals surface area contributed by atoms with E-state index < -0.39 is 11.8 Å². The molecule has 116 valence electrons. The molecule has 0 spiro atoms. The molecule has 0 radical (unpaired) electrons. The molecule has 0 heterocycles. The summed E-state index contributed by atoms with van der Waals surface area (Å²) in [7, 11) is 1.59. The summed E-state index contributed by atoms with van der Waals surface area (Å²) in [6.07, 6.45) is 0.777. The molecule has 0 bridgehead atoms. The van der Waals surface area contributed by atoms with E-state index in [-0.39, 0.29) is 19.2 Å². The van der Waals surface area contributed by atoms with Crippen molar-refractivity contribution in [1.82, 2.24) is 10.6 Å². The van der Waals surface area contributed by atoms with Crippen LogP contribution in [0.3, 0.4) is 0 Å². The zero-order valence-corrected chi connectivity index (χ0v) is 12.6. The largest absolute Gasteiger partial charge is 0.497 e. The van der Waals surface area contributed by atoms with Crippen molar-refractivity contribution in [3.8, 4) is 11.5 Å². The van der Waals surface area contributed by atoms with E-state index in [4.69, 9.17) is 9.47 Å². The molecule has 0 fully saturated rings. The van der Waals surface area contributed by atoms with E-state index in [9.17, 15) is 9.59 Å². The molecule has 6 heteroatoms. The Bertz CT molecular complexity index is 459. The summed E-state index contributed by atoms with van der Waals surface area (Å²) in [4.78, 5) is 23.0. The highest BCUT2D eigenvalue weighted by Gasteiger charge is 2.14. The molecule has 1 aromatic carbocycles. The van der Waals surface area contributed by atoms with Gasteiger partial charge in [0.05, 0.1) is 13.7 Å².